The first kappa shape index (κ1) is 17.1. The smallest absolute Gasteiger partial charge is 0.257 e. The Bertz CT molecular complexity index is 792. The summed E-state index contributed by atoms with van der Waals surface area (Å²) in [5, 5.41) is 0.676. The molecule has 0 spiro atoms. The van der Waals surface area contributed by atoms with Crippen LogP contribution < -0.4 is 9.47 Å². The summed E-state index contributed by atoms with van der Waals surface area (Å²) >= 11 is 1.46. The van der Waals surface area contributed by atoms with E-state index in [0.29, 0.717) is 30.6 Å². The van der Waals surface area contributed by atoms with Crippen molar-refractivity contribution in [2.45, 2.75) is 11.7 Å². The van der Waals surface area contributed by atoms with Gasteiger partial charge in [0.25, 0.3) is 5.91 Å². The predicted octanol–water partition coefficient (Wildman–Crippen LogP) is 1.89. The number of benzene rings is 1. The van der Waals surface area contributed by atoms with E-state index in [0.717, 1.165) is 31.1 Å². The van der Waals surface area contributed by atoms with Gasteiger partial charge in [0.2, 0.25) is 6.79 Å². The molecule has 1 fully saturated rings. The summed E-state index contributed by atoms with van der Waals surface area (Å²) in [4.78, 5) is 25.2. The second-order valence-corrected chi connectivity index (χ2v) is 6.99. The van der Waals surface area contributed by atoms with Gasteiger partial charge in [0.1, 0.15) is 0 Å². The summed E-state index contributed by atoms with van der Waals surface area (Å²) in [5.74, 6) is 1.62. The van der Waals surface area contributed by atoms with Crippen molar-refractivity contribution >= 4 is 17.7 Å². The van der Waals surface area contributed by atoms with E-state index >= 15 is 0 Å². The maximum absolute atomic E-state index is 12.6. The highest BCUT2D eigenvalue weighted by atomic mass is 32.2. The van der Waals surface area contributed by atoms with Crippen LogP contribution in [0.1, 0.15) is 15.9 Å². The third-order valence-corrected chi connectivity index (χ3v) is 5.14. The van der Waals surface area contributed by atoms with E-state index in [1.54, 1.807) is 12.4 Å². The molecule has 7 nitrogen and oxygen atoms in total. The van der Waals surface area contributed by atoms with Crippen LogP contribution in [0.3, 0.4) is 0 Å². The number of fused-ring (bicyclic) bond motifs is 1. The van der Waals surface area contributed by atoms with Crippen molar-refractivity contribution in [1.29, 1.82) is 0 Å². The van der Waals surface area contributed by atoms with Crippen molar-refractivity contribution in [3.63, 3.8) is 0 Å². The van der Waals surface area contributed by atoms with Crippen LogP contribution in [-0.2, 0) is 6.54 Å². The molecule has 1 aromatic heterocycles. The van der Waals surface area contributed by atoms with Gasteiger partial charge in [-0.3, -0.25) is 9.69 Å². The molecule has 4 rings (SSSR count). The Morgan fingerprint density at radius 3 is 2.58 bits per heavy atom. The fraction of sp³-hybridized carbons (Fsp3) is 0.389. The van der Waals surface area contributed by atoms with Crippen molar-refractivity contribution < 1.29 is 14.3 Å². The van der Waals surface area contributed by atoms with Crippen LogP contribution in [0.4, 0.5) is 0 Å². The lowest BCUT2D eigenvalue weighted by Crippen LogP contribution is -2.48. The Labute approximate surface area is 156 Å². The zero-order valence-electron chi connectivity index (χ0n) is 14.6. The third kappa shape index (κ3) is 3.61. The lowest BCUT2D eigenvalue weighted by atomic mass is 10.1. The molecule has 8 heteroatoms. The molecule has 3 heterocycles. The average Bonchev–Trinajstić information content (AvgIpc) is 3.16. The molecule has 0 saturated carbocycles. The number of ether oxygens (including phenoxy) is 2. The number of hydrogen-bond acceptors (Lipinski definition) is 7. The molecule has 2 aliphatic rings. The monoisotopic (exact) mass is 372 g/mol. The van der Waals surface area contributed by atoms with E-state index in [1.807, 2.05) is 23.3 Å². The lowest BCUT2D eigenvalue weighted by Gasteiger charge is -2.34. The molecule has 0 aliphatic carbocycles. The van der Waals surface area contributed by atoms with Crippen LogP contribution in [-0.4, -0.2) is 64.9 Å². The molecule has 0 unspecified atom stereocenters. The first-order chi connectivity index (χ1) is 12.7. The summed E-state index contributed by atoms with van der Waals surface area (Å²) < 4.78 is 10.8. The molecule has 1 aromatic carbocycles. The Kier molecular flexibility index (Phi) is 4.94. The number of amides is 1. The molecule has 2 aliphatic heterocycles. The minimum Gasteiger partial charge on any atom is -0.454 e. The van der Waals surface area contributed by atoms with Crippen LogP contribution in [0.25, 0.3) is 0 Å². The van der Waals surface area contributed by atoms with Gasteiger partial charge in [-0.2, -0.15) is 0 Å². The van der Waals surface area contributed by atoms with Crippen LogP contribution in [0.2, 0.25) is 0 Å². The summed E-state index contributed by atoms with van der Waals surface area (Å²) in [6.07, 6.45) is 5.14. The molecule has 0 radical (unpaired) electrons. The standard InChI is InChI=1S/C18H20N4O3S/c1-26-18-19-9-14(10-20-18)17(23)22-6-4-21(5-7-22)11-13-2-3-15-16(8-13)25-12-24-15/h2-3,8-10H,4-7,11-12H2,1H3. The molecule has 1 saturated heterocycles. The van der Waals surface area contributed by atoms with Gasteiger partial charge >= 0.3 is 0 Å². The van der Waals surface area contributed by atoms with Crippen LogP contribution in [0, 0.1) is 0 Å². The van der Waals surface area contributed by atoms with Crippen LogP contribution in [0.15, 0.2) is 35.7 Å². The quantitative estimate of drug-likeness (QED) is 0.600. The Morgan fingerprint density at radius 1 is 1.12 bits per heavy atom. The van der Waals surface area contributed by atoms with Crippen molar-refractivity contribution in [2.75, 3.05) is 39.2 Å². The molecule has 1 amide bonds. The number of carbonyl (C=O) groups excluding carboxylic acids is 1. The Morgan fingerprint density at radius 2 is 1.85 bits per heavy atom. The first-order valence-electron chi connectivity index (χ1n) is 8.49. The van der Waals surface area contributed by atoms with Crippen molar-refractivity contribution in [3.8, 4) is 11.5 Å². The highest BCUT2D eigenvalue weighted by molar-refractivity contribution is 7.98. The van der Waals surface area contributed by atoms with E-state index in [2.05, 4.69) is 20.9 Å². The number of thioether (sulfide) groups is 1. The van der Waals surface area contributed by atoms with Gasteiger partial charge in [-0.1, -0.05) is 17.8 Å². The SMILES string of the molecule is CSc1ncc(C(=O)N2CCN(Cc3ccc4c(c3)OCO4)CC2)cn1. The molecule has 0 N–H and O–H groups in total. The molecule has 26 heavy (non-hydrogen) atoms. The molecule has 2 aromatic rings. The molecule has 136 valence electrons. The van der Waals surface area contributed by atoms with E-state index in [1.165, 1.54) is 17.3 Å². The van der Waals surface area contributed by atoms with Crippen LogP contribution in [0.5, 0.6) is 11.5 Å². The summed E-state index contributed by atoms with van der Waals surface area (Å²) in [6, 6.07) is 6.05. The Balaban J connectivity index is 1.32. The van der Waals surface area contributed by atoms with Crippen LogP contribution >= 0.6 is 11.8 Å². The molecule has 0 atom stereocenters. The van der Waals surface area contributed by atoms with Gasteiger partial charge in [-0.15, -0.1) is 0 Å². The second-order valence-electron chi connectivity index (χ2n) is 6.21. The minimum atomic E-state index is 0.000354. The zero-order valence-corrected chi connectivity index (χ0v) is 15.4. The second kappa shape index (κ2) is 7.51. The minimum absolute atomic E-state index is 0.000354. The summed E-state index contributed by atoms with van der Waals surface area (Å²) in [6.45, 7) is 4.21. The number of aromatic nitrogens is 2. The van der Waals surface area contributed by atoms with Gasteiger partial charge in [-0.25, -0.2) is 9.97 Å². The van der Waals surface area contributed by atoms with E-state index in [9.17, 15) is 4.79 Å². The van der Waals surface area contributed by atoms with E-state index < -0.39 is 0 Å². The fourth-order valence-corrected chi connectivity index (χ4v) is 3.44. The fourth-order valence-electron chi connectivity index (χ4n) is 3.12. The van der Waals surface area contributed by atoms with Crippen molar-refractivity contribution in [3.05, 3.63) is 41.7 Å². The lowest BCUT2D eigenvalue weighted by molar-refractivity contribution is 0.0627. The van der Waals surface area contributed by atoms with Crippen molar-refractivity contribution in [1.82, 2.24) is 19.8 Å². The number of nitrogens with zero attached hydrogens (tertiary/aromatic N) is 4. The molecule has 0 bridgehead atoms. The van der Waals surface area contributed by atoms with Gasteiger partial charge in [0.15, 0.2) is 16.7 Å². The van der Waals surface area contributed by atoms with Gasteiger partial charge in [0.05, 0.1) is 5.56 Å². The van der Waals surface area contributed by atoms with Gasteiger partial charge in [-0.05, 0) is 24.0 Å². The third-order valence-electron chi connectivity index (χ3n) is 4.56. The van der Waals surface area contributed by atoms with Crippen molar-refractivity contribution in [2.24, 2.45) is 0 Å². The maximum atomic E-state index is 12.6. The summed E-state index contributed by atoms with van der Waals surface area (Å²) in [7, 11) is 0. The maximum Gasteiger partial charge on any atom is 0.257 e. The number of piperazine rings is 1. The average molecular weight is 372 g/mol. The van der Waals surface area contributed by atoms with Gasteiger partial charge in [0, 0.05) is 45.1 Å². The molecular formula is C18H20N4O3S. The largest absolute Gasteiger partial charge is 0.454 e. The predicted molar refractivity (Wildman–Crippen MR) is 97.6 cm³/mol. The number of rotatable bonds is 4. The zero-order chi connectivity index (χ0) is 17.9. The highest BCUT2D eigenvalue weighted by Crippen LogP contribution is 2.32. The number of hydrogen-bond donors (Lipinski definition) is 0. The summed E-state index contributed by atoms with van der Waals surface area (Å²) in [5.41, 5.74) is 1.74. The van der Waals surface area contributed by atoms with E-state index in [4.69, 9.17) is 9.47 Å². The highest BCUT2D eigenvalue weighted by Gasteiger charge is 2.23. The normalized spacial score (nSPS) is 16.7. The topological polar surface area (TPSA) is 67.8 Å². The van der Waals surface area contributed by atoms with E-state index in [-0.39, 0.29) is 5.91 Å². The van der Waals surface area contributed by atoms with Gasteiger partial charge < -0.3 is 14.4 Å². The Hall–Kier alpha value is -2.32. The number of carbonyl (C=O) groups is 1. The molecular weight excluding hydrogens is 352 g/mol. The first-order valence-corrected chi connectivity index (χ1v) is 9.71.